The van der Waals surface area contributed by atoms with Gasteiger partial charge in [-0.15, -0.1) is 0 Å². The van der Waals surface area contributed by atoms with Gasteiger partial charge >= 0.3 is 0 Å². The molecule has 118 valence electrons. The lowest BCUT2D eigenvalue weighted by Gasteiger charge is -2.14. The third kappa shape index (κ3) is 12.4. The molecular weight excluding hydrogens is 248 g/mol. The molecule has 0 spiro atoms. The minimum Gasteiger partial charge on any atom is -0.295 e. The van der Waals surface area contributed by atoms with Gasteiger partial charge in [-0.05, 0) is 24.2 Å². The number of hydrogen-bond acceptors (Lipinski definition) is 2. The van der Waals surface area contributed by atoms with Crippen LogP contribution in [0.1, 0.15) is 85.5 Å². The third-order valence-electron chi connectivity index (χ3n) is 4.12. The van der Waals surface area contributed by atoms with Gasteiger partial charge in [0.25, 0.3) is 0 Å². The average Bonchev–Trinajstić information content (AvgIpc) is 2.38. The minimum atomic E-state index is -0.254. The van der Waals surface area contributed by atoms with Crippen molar-refractivity contribution in [1.82, 2.24) is 0 Å². The Bertz CT molecular complexity index is 258. The molecule has 2 atom stereocenters. The van der Waals surface area contributed by atoms with Crippen LogP contribution < -0.4 is 0 Å². The summed E-state index contributed by atoms with van der Waals surface area (Å²) in [7, 11) is 0. The second-order valence-corrected chi connectivity index (χ2v) is 6.94. The fourth-order valence-corrected chi connectivity index (χ4v) is 2.66. The molecule has 2 nitrogen and oxygen atoms in total. The second-order valence-electron chi connectivity index (χ2n) is 6.94. The highest BCUT2D eigenvalue weighted by Crippen LogP contribution is 2.21. The lowest BCUT2D eigenvalue weighted by Crippen LogP contribution is -2.02. The smallest absolute Gasteiger partial charge is 0.195 e. The van der Waals surface area contributed by atoms with Crippen LogP contribution >= 0.6 is 0 Å². The van der Waals surface area contributed by atoms with Crippen molar-refractivity contribution in [1.29, 1.82) is 0 Å². The largest absolute Gasteiger partial charge is 0.295 e. The molecule has 0 N–H and O–H groups in total. The van der Waals surface area contributed by atoms with E-state index < -0.39 is 0 Å². The highest BCUT2D eigenvalue weighted by atomic mass is 16.2. The number of aldehydes is 1. The standard InChI is InChI=1S/C18H34O2/c1-15(2)8-5-9-16(3)10-6-11-17(4)12-7-13-18(20)14-19/h14-17H,5-13H2,1-4H3. The summed E-state index contributed by atoms with van der Waals surface area (Å²) in [6.45, 7) is 9.21. The lowest BCUT2D eigenvalue weighted by molar-refractivity contribution is -0.129. The molecule has 0 aromatic heterocycles. The van der Waals surface area contributed by atoms with E-state index in [2.05, 4.69) is 27.7 Å². The van der Waals surface area contributed by atoms with Crippen molar-refractivity contribution in [2.24, 2.45) is 17.8 Å². The van der Waals surface area contributed by atoms with Gasteiger partial charge in [-0.25, -0.2) is 0 Å². The first kappa shape index (κ1) is 19.3. The molecule has 0 aliphatic heterocycles. The number of carbonyl (C=O) groups excluding carboxylic acids is 2. The molecular formula is C18H34O2. The Morgan fingerprint density at radius 3 is 1.70 bits per heavy atom. The summed E-state index contributed by atoms with van der Waals surface area (Å²) in [5, 5.41) is 0. The van der Waals surface area contributed by atoms with E-state index in [0.29, 0.717) is 18.6 Å². The van der Waals surface area contributed by atoms with Crippen LogP contribution in [0.15, 0.2) is 0 Å². The van der Waals surface area contributed by atoms with E-state index in [1.807, 2.05) is 0 Å². The number of ketones is 1. The molecule has 0 radical (unpaired) electrons. The normalized spacial score (nSPS) is 14.2. The molecule has 2 heteroatoms. The molecule has 0 saturated heterocycles. The first-order valence-corrected chi connectivity index (χ1v) is 8.43. The molecule has 0 saturated carbocycles. The predicted octanol–water partition coefficient (Wildman–Crippen LogP) is 5.19. The van der Waals surface area contributed by atoms with E-state index in [-0.39, 0.29) is 5.78 Å². The van der Waals surface area contributed by atoms with Gasteiger partial charge in [-0.2, -0.15) is 0 Å². The van der Waals surface area contributed by atoms with Gasteiger partial charge in [0.1, 0.15) is 0 Å². The van der Waals surface area contributed by atoms with Crippen molar-refractivity contribution in [3.8, 4) is 0 Å². The van der Waals surface area contributed by atoms with Crippen molar-refractivity contribution in [3.05, 3.63) is 0 Å². The van der Waals surface area contributed by atoms with Crippen LogP contribution in [-0.4, -0.2) is 12.1 Å². The quantitative estimate of drug-likeness (QED) is 0.344. The van der Waals surface area contributed by atoms with Crippen molar-refractivity contribution < 1.29 is 9.59 Å². The zero-order chi connectivity index (χ0) is 15.4. The third-order valence-corrected chi connectivity index (χ3v) is 4.12. The predicted molar refractivity (Wildman–Crippen MR) is 85.8 cm³/mol. The van der Waals surface area contributed by atoms with E-state index >= 15 is 0 Å². The first-order chi connectivity index (χ1) is 9.45. The number of rotatable bonds is 13. The first-order valence-electron chi connectivity index (χ1n) is 8.43. The molecule has 0 bridgehead atoms. The number of carbonyl (C=O) groups is 2. The summed E-state index contributed by atoms with van der Waals surface area (Å²) in [5.74, 6) is 2.10. The fourth-order valence-electron chi connectivity index (χ4n) is 2.66. The lowest BCUT2D eigenvalue weighted by atomic mass is 9.92. The van der Waals surface area contributed by atoms with E-state index in [4.69, 9.17) is 0 Å². The monoisotopic (exact) mass is 282 g/mol. The van der Waals surface area contributed by atoms with Crippen LogP contribution in [-0.2, 0) is 9.59 Å². The maximum absolute atomic E-state index is 10.9. The van der Waals surface area contributed by atoms with Crippen LogP contribution in [0.5, 0.6) is 0 Å². The van der Waals surface area contributed by atoms with Crippen molar-refractivity contribution in [2.45, 2.75) is 85.5 Å². The fraction of sp³-hybridized carbons (Fsp3) is 0.889. The molecule has 0 fully saturated rings. The van der Waals surface area contributed by atoms with E-state index in [1.165, 1.54) is 38.5 Å². The number of Topliss-reactive ketones (excluding diaryl/α,β-unsaturated/α-hetero) is 1. The molecule has 0 aromatic carbocycles. The summed E-state index contributed by atoms with van der Waals surface area (Å²) < 4.78 is 0. The Labute approximate surface area is 125 Å². The molecule has 0 rings (SSSR count). The Kier molecular flexibility index (Phi) is 11.7. The van der Waals surface area contributed by atoms with E-state index in [0.717, 1.165) is 24.7 Å². The Morgan fingerprint density at radius 1 is 0.800 bits per heavy atom. The van der Waals surface area contributed by atoms with Gasteiger partial charge < -0.3 is 0 Å². The Morgan fingerprint density at radius 2 is 1.25 bits per heavy atom. The van der Waals surface area contributed by atoms with Crippen LogP contribution in [0.4, 0.5) is 0 Å². The SMILES string of the molecule is CC(C)CCCC(C)CCCC(C)CCCC(=O)C=O. The molecule has 0 aliphatic rings. The van der Waals surface area contributed by atoms with Gasteiger partial charge in [-0.3, -0.25) is 9.59 Å². The molecule has 0 amide bonds. The van der Waals surface area contributed by atoms with Gasteiger partial charge in [0.15, 0.2) is 12.1 Å². The van der Waals surface area contributed by atoms with Crippen molar-refractivity contribution >= 4 is 12.1 Å². The van der Waals surface area contributed by atoms with Gasteiger partial charge in [0, 0.05) is 6.42 Å². The summed E-state index contributed by atoms with van der Waals surface area (Å²) >= 11 is 0. The van der Waals surface area contributed by atoms with Crippen molar-refractivity contribution in [3.63, 3.8) is 0 Å². The zero-order valence-electron chi connectivity index (χ0n) is 14.0. The topological polar surface area (TPSA) is 34.1 Å². The summed E-state index contributed by atoms with van der Waals surface area (Å²) in [4.78, 5) is 21.1. The van der Waals surface area contributed by atoms with Crippen LogP contribution in [0.3, 0.4) is 0 Å². The van der Waals surface area contributed by atoms with Crippen LogP contribution in [0.2, 0.25) is 0 Å². The van der Waals surface area contributed by atoms with Crippen LogP contribution in [0, 0.1) is 17.8 Å². The van der Waals surface area contributed by atoms with Gasteiger partial charge in [0.05, 0.1) is 0 Å². The zero-order valence-corrected chi connectivity index (χ0v) is 14.0. The maximum atomic E-state index is 10.9. The number of hydrogen-bond donors (Lipinski definition) is 0. The summed E-state index contributed by atoms with van der Waals surface area (Å²) in [6.07, 6.45) is 10.8. The highest BCUT2D eigenvalue weighted by Gasteiger charge is 2.07. The maximum Gasteiger partial charge on any atom is 0.195 e. The second kappa shape index (κ2) is 12.1. The Balaban J connectivity index is 3.47. The summed E-state index contributed by atoms with van der Waals surface area (Å²) in [5.41, 5.74) is 0. The van der Waals surface area contributed by atoms with Crippen molar-refractivity contribution in [2.75, 3.05) is 0 Å². The van der Waals surface area contributed by atoms with E-state index in [1.54, 1.807) is 0 Å². The molecule has 0 heterocycles. The average molecular weight is 282 g/mol. The van der Waals surface area contributed by atoms with E-state index in [9.17, 15) is 9.59 Å². The molecule has 0 aromatic rings. The van der Waals surface area contributed by atoms with Crippen LogP contribution in [0.25, 0.3) is 0 Å². The van der Waals surface area contributed by atoms with Gasteiger partial charge in [0.2, 0.25) is 0 Å². The Hall–Kier alpha value is -0.660. The van der Waals surface area contributed by atoms with Gasteiger partial charge in [-0.1, -0.05) is 72.6 Å². The summed E-state index contributed by atoms with van der Waals surface area (Å²) in [6, 6.07) is 0. The molecule has 0 aliphatic carbocycles. The molecule has 20 heavy (non-hydrogen) atoms. The molecule has 2 unspecified atom stereocenters. The highest BCUT2D eigenvalue weighted by molar-refractivity contribution is 6.24. The minimum absolute atomic E-state index is 0.254.